The number of carbonyl (C=O) groups excluding carboxylic acids is 2. The Morgan fingerprint density at radius 1 is 1.33 bits per heavy atom. The van der Waals surface area contributed by atoms with Gasteiger partial charge in [0.15, 0.2) is 0 Å². The smallest absolute Gasteiger partial charge is 0.148 e. The van der Waals surface area contributed by atoms with Crippen LogP contribution in [0.1, 0.15) is 19.3 Å². The van der Waals surface area contributed by atoms with Gasteiger partial charge in [0.2, 0.25) is 0 Å². The molecule has 0 saturated heterocycles. The van der Waals surface area contributed by atoms with E-state index in [0.29, 0.717) is 25.5 Å². The van der Waals surface area contributed by atoms with Crippen molar-refractivity contribution in [3.8, 4) is 0 Å². The van der Waals surface area contributed by atoms with Crippen LogP contribution in [0, 0.1) is 0 Å². The maximum absolute atomic E-state index is 10.5. The molecule has 15 heavy (non-hydrogen) atoms. The zero-order valence-corrected chi connectivity index (χ0v) is 8.93. The van der Waals surface area contributed by atoms with Gasteiger partial charge in [-0.15, -0.1) is 0 Å². The monoisotopic (exact) mass is 218 g/mol. The summed E-state index contributed by atoms with van der Waals surface area (Å²) in [6.45, 7) is 0.248. The Morgan fingerprint density at radius 3 is 2.60 bits per heavy atom. The second-order valence-electron chi connectivity index (χ2n) is 3.21. The molecule has 0 fully saturated rings. The highest BCUT2D eigenvalue weighted by molar-refractivity contribution is 5.56. The molecular formula is C10H18O5. The molecule has 0 bridgehead atoms. The minimum atomic E-state index is -0.719. The summed E-state index contributed by atoms with van der Waals surface area (Å²) >= 11 is 0. The molecule has 0 aromatic rings. The molecule has 0 aliphatic carbocycles. The van der Waals surface area contributed by atoms with E-state index >= 15 is 0 Å². The van der Waals surface area contributed by atoms with E-state index < -0.39 is 12.2 Å². The van der Waals surface area contributed by atoms with Gasteiger partial charge in [-0.2, -0.15) is 0 Å². The van der Waals surface area contributed by atoms with E-state index in [1.54, 1.807) is 0 Å². The summed E-state index contributed by atoms with van der Waals surface area (Å²) in [6, 6.07) is 0. The molecule has 0 heterocycles. The van der Waals surface area contributed by atoms with Crippen LogP contribution < -0.4 is 0 Å². The predicted molar refractivity (Wildman–Crippen MR) is 53.6 cm³/mol. The predicted octanol–water partition coefficient (Wildman–Crippen LogP) is -0.0530. The number of rotatable bonds is 10. The van der Waals surface area contributed by atoms with E-state index in [2.05, 4.69) is 0 Å². The summed E-state index contributed by atoms with van der Waals surface area (Å²) in [6.07, 6.45) is 1.77. The van der Waals surface area contributed by atoms with E-state index in [4.69, 9.17) is 9.47 Å². The highest BCUT2D eigenvalue weighted by atomic mass is 16.5. The highest BCUT2D eigenvalue weighted by Crippen LogP contribution is 2.02. The summed E-state index contributed by atoms with van der Waals surface area (Å²) in [7, 11) is 1.48. The number of hydrogen-bond acceptors (Lipinski definition) is 5. The average molecular weight is 218 g/mol. The average Bonchev–Trinajstić information content (AvgIpc) is 2.23. The van der Waals surface area contributed by atoms with Crippen LogP contribution in [0.3, 0.4) is 0 Å². The summed E-state index contributed by atoms with van der Waals surface area (Å²) in [5, 5.41) is 9.24. The van der Waals surface area contributed by atoms with Crippen molar-refractivity contribution < 1.29 is 24.2 Å². The quantitative estimate of drug-likeness (QED) is 0.411. The highest BCUT2D eigenvalue weighted by Gasteiger charge is 2.10. The molecular weight excluding hydrogens is 200 g/mol. The Balaban J connectivity index is 3.59. The van der Waals surface area contributed by atoms with Crippen molar-refractivity contribution >= 4 is 12.6 Å². The Bertz CT molecular complexity index is 171. The van der Waals surface area contributed by atoms with Crippen LogP contribution in [0.15, 0.2) is 0 Å². The molecule has 0 aliphatic rings. The number of aliphatic hydroxyl groups excluding tert-OH is 1. The van der Waals surface area contributed by atoms with Crippen molar-refractivity contribution in [1.29, 1.82) is 0 Å². The van der Waals surface area contributed by atoms with Crippen LogP contribution in [-0.2, 0) is 19.1 Å². The molecule has 0 aliphatic heterocycles. The fraction of sp³-hybridized carbons (Fsp3) is 0.800. The summed E-state index contributed by atoms with van der Waals surface area (Å²) < 4.78 is 9.84. The lowest BCUT2D eigenvalue weighted by Crippen LogP contribution is -2.26. The largest absolute Gasteiger partial charge is 0.388 e. The number of unbranched alkanes of at least 4 members (excludes halogenated alkanes) is 1. The van der Waals surface area contributed by atoms with E-state index in [0.717, 1.165) is 6.29 Å². The van der Waals surface area contributed by atoms with Crippen molar-refractivity contribution in [3.05, 3.63) is 0 Å². The SMILES string of the molecule is COCC(O)COC(C=O)CCCC=O. The molecule has 1 N–H and O–H groups in total. The molecule has 0 aromatic heterocycles. The van der Waals surface area contributed by atoms with Gasteiger partial charge >= 0.3 is 0 Å². The maximum Gasteiger partial charge on any atom is 0.148 e. The number of ether oxygens (including phenoxy) is 2. The van der Waals surface area contributed by atoms with Gasteiger partial charge in [-0.3, -0.25) is 0 Å². The molecule has 88 valence electrons. The Morgan fingerprint density at radius 2 is 2.07 bits per heavy atom. The van der Waals surface area contributed by atoms with E-state index in [-0.39, 0.29) is 13.2 Å². The van der Waals surface area contributed by atoms with E-state index in [1.165, 1.54) is 7.11 Å². The third kappa shape index (κ3) is 8.23. The topological polar surface area (TPSA) is 72.8 Å². The lowest BCUT2D eigenvalue weighted by molar-refractivity contribution is -0.121. The Hall–Kier alpha value is -0.780. The standard InChI is InChI=1S/C10H18O5/c1-14-7-9(13)8-15-10(6-12)4-2-3-5-11/h5-6,9-10,13H,2-4,7-8H2,1H3. The molecule has 0 amide bonds. The van der Waals surface area contributed by atoms with Crippen molar-refractivity contribution in [3.63, 3.8) is 0 Å². The number of methoxy groups -OCH3 is 1. The van der Waals surface area contributed by atoms with E-state index in [9.17, 15) is 14.7 Å². The first-order valence-electron chi connectivity index (χ1n) is 4.92. The lowest BCUT2D eigenvalue weighted by Gasteiger charge is -2.14. The van der Waals surface area contributed by atoms with Gasteiger partial charge in [0.05, 0.1) is 13.2 Å². The van der Waals surface area contributed by atoms with Crippen LogP contribution in [-0.4, -0.2) is 50.2 Å². The maximum atomic E-state index is 10.5. The second kappa shape index (κ2) is 9.76. The van der Waals surface area contributed by atoms with Gasteiger partial charge in [0.1, 0.15) is 24.8 Å². The molecule has 0 aromatic carbocycles. The lowest BCUT2D eigenvalue weighted by atomic mass is 10.2. The van der Waals surface area contributed by atoms with Crippen molar-refractivity contribution in [2.45, 2.75) is 31.5 Å². The Labute approximate surface area is 89.4 Å². The normalized spacial score (nSPS) is 14.5. The van der Waals surface area contributed by atoms with Crippen LogP contribution in [0.4, 0.5) is 0 Å². The minimum Gasteiger partial charge on any atom is -0.388 e. The van der Waals surface area contributed by atoms with E-state index in [1.807, 2.05) is 0 Å². The van der Waals surface area contributed by atoms with Gasteiger partial charge in [-0.1, -0.05) is 0 Å². The van der Waals surface area contributed by atoms with Crippen LogP contribution in [0.2, 0.25) is 0 Å². The van der Waals surface area contributed by atoms with Crippen LogP contribution in [0.5, 0.6) is 0 Å². The molecule has 5 nitrogen and oxygen atoms in total. The Kier molecular flexibility index (Phi) is 9.26. The summed E-state index contributed by atoms with van der Waals surface area (Å²) in [5.41, 5.74) is 0. The zero-order valence-electron chi connectivity index (χ0n) is 8.93. The molecule has 2 unspecified atom stereocenters. The first-order chi connectivity index (χ1) is 7.24. The number of aldehydes is 2. The van der Waals surface area contributed by atoms with Crippen molar-refractivity contribution in [2.24, 2.45) is 0 Å². The molecule has 0 rings (SSSR count). The van der Waals surface area contributed by atoms with Crippen molar-refractivity contribution in [1.82, 2.24) is 0 Å². The zero-order chi connectivity index (χ0) is 11.5. The third-order valence-electron chi connectivity index (χ3n) is 1.82. The minimum absolute atomic E-state index is 0.0678. The van der Waals surface area contributed by atoms with Gasteiger partial charge in [-0.05, 0) is 12.8 Å². The summed E-state index contributed by atoms with van der Waals surface area (Å²) in [4.78, 5) is 20.6. The molecule has 0 spiro atoms. The fourth-order valence-electron chi connectivity index (χ4n) is 1.07. The summed E-state index contributed by atoms with van der Waals surface area (Å²) in [5.74, 6) is 0. The first-order valence-corrected chi connectivity index (χ1v) is 4.92. The van der Waals surface area contributed by atoms with Crippen molar-refractivity contribution in [2.75, 3.05) is 20.3 Å². The number of hydrogen-bond donors (Lipinski definition) is 1. The molecule has 5 heteroatoms. The molecule has 2 atom stereocenters. The third-order valence-corrected chi connectivity index (χ3v) is 1.82. The molecule has 0 radical (unpaired) electrons. The van der Waals surface area contributed by atoms with Gasteiger partial charge in [0.25, 0.3) is 0 Å². The van der Waals surface area contributed by atoms with Gasteiger partial charge in [0, 0.05) is 13.5 Å². The number of aliphatic hydroxyl groups is 1. The first kappa shape index (κ1) is 14.2. The van der Waals surface area contributed by atoms with Gasteiger partial charge in [-0.25, -0.2) is 0 Å². The van der Waals surface area contributed by atoms with Crippen LogP contribution >= 0.6 is 0 Å². The van der Waals surface area contributed by atoms with Crippen LogP contribution in [0.25, 0.3) is 0 Å². The second-order valence-corrected chi connectivity index (χ2v) is 3.21. The van der Waals surface area contributed by atoms with Gasteiger partial charge < -0.3 is 24.2 Å². The number of carbonyl (C=O) groups is 2. The fourth-order valence-corrected chi connectivity index (χ4v) is 1.07. The molecule has 0 saturated carbocycles.